The van der Waals surface area contributed by atoms with Crippen LogP contribution in [0.3, 0.4) is 0 Å². The van der Waals surface area contributed by atoms with E-state index in [0.29, 0.717) is 36.5 Å². The van der Waals surface area contributed by atoms with Crippen molar-refractivity contribution in [3.8, 4) is 0 Å². The molecule has 0 aliphatic carbocycles. The van der Waals surface area contributed by atoms with Gasteiger partial charge in [0.25, 0.3) is 0 Å². The SMILES string of the molecule is CC(C)CC(CN)Cc1nc(C2CC3CCC2O3)no1. The average molecular weight is 279 g/mol. The van der Waals surface area contributed by atoms with E-state index in [2.05, 4.69) is 24.0 Å². The smallest absolute Gasteiger partial charge is 0.226 e. The van der Waals surface area contributed by atoms with Gasteiger partial charge in [-0.1, -0.05) is 19.0 Å². The van der Waals surface area contributed by atoms with Crippen LogP contribution in [-0.4, -0.2) is 28.9 Å². The van der Waals surface area contributed by atoms with Gasteiger partial charge in [-0.3, -0.25) is 0 Å². The van der Waals surface area contributed by atoms with Crippen molar-refractivity contribution in [1.82, 2.24) is 10.1 Å². The Bertz CT molecular complexity index is 446. The largest absolute Gasteiger partial charge is 0.374 e. The predicted octanol–water partition coefficient (Wildman–Crippen LogP) is 2.27. The third kappa shape index (κ3) is 2.88. The molecule has 20 heavy (non-hydrogen) atoms. The van der Waals surface area contributed by atoms with Gasteiger partial charge in [-0.05, 0) is 44.1 Å². The Morgan fingerprint density at radius 3 is 2.80 bits per heavy atom. The van der Waals surface area contributed by atoms with Gasteiger partial charge in [-0.15, -0.1) is 0 Å². The third-order valence-electron chi connectivity index (χ3n) is 4.52. The Balaban J connectivity index is 1.62. The molecule has 112 valence electrons. The first-order chi connectivity index (χ1) is 9.65. The van der Waals surface area contributed by atoms with Crippen LogP contribution in [0.1, 0.15) is 57.2 Å². The molecule has 5 heteroatoms. The number of fused-ring (bicyclic) bond motifs is 2. The summed E-state index contributed by atoms with van der Waals surface area (Å²) in [6.45, 7) is 5.11. The summed E-state index contributed by atoms with van der Waals surface area (Å²) in [7, 11) is 0. The van der Waals surface area contributed by atoms with Gasteiger partial charge in [0.1, 0.15) is 0 Å². The third-order valence-corrected chi connectivity index (χ3v) is 4.52. The maximum Gasteiger partial charge on any atom is 0.226 e. The van der Waals surface area contributed by atoms with Gasteiger partial charge in [0.05, 0.1) is 18.1 Å². The molecule has 4 atom stereocenters. The van der Waals surface area contributed by atoms with Gasteiger partial charge in [0.2, 0.25) is 5.89 Å². The standard InChI is InChI=1S/C15H25N3O2/c1-9(2)5-10(8-16)6-14-17-15(18-20-14)12-7-11-3-4-13(12)19-11/h9-13H,3-8,16H2,1-2H3. The van der Waals surface area contributed by atoms with E-state index >= 15 is 0 Å². The summed E-state index contributed by atoms with van der Waals surface area (Å²) >= 11 is 0. The number of nitrogens with zero attached hydrogens (tertiary/aromatic N) is 2. The van der Waals surface area contributed by atoms with Crippen molar-refractivity contribution in [1.29, 1.82) is 0 Å². The first-order valence-electron chi connectivity index (χ1n) is 7.83. The molecule has 2 fully saturated rings. The Labute approximate surface area is 120 Å². The van der Waals surface area contributed by atoms with Crippen molar-refractivity contribution in [2.75, 3.05) is 6.54 Å². The van der Waals surface area contributed by atoms with Crippen LogP contribution in [0.2, 0.25) is 0 Å². The number of nitrogens with two attached hydrogens (primary N) is 1. The topological polar surface area (TPSA) is 74.2 Å². The van der Waals surface area contributed by atoms with Crippen LogP contribution >= 0.6 is 0 Å². The summed E-state index contributed by atoms with van der Waals surface area (Å²) in [6, 6.07) is 0. The quantitative estimate of drug-likeness (QED) is 0.864. The van der Waals surface area contributed by atoms with E-state index < -0.39 is 0 Å². The summed E-state index contributed by atoms with van der Waals surface area (Å²) in [6.07, 6.45) is 6.01. The molecule has 2 aliphatic heterocycles. The second-order valence-corrected chi connectivity index (χ2v) is 6.70. The van der Waals surface area contributed by atoms with E-state index in [0.717, 1.165) is 37.4 Å². The molecule has 1 aromatic rings. The molecule has 2 bridgehead atoms. The van der Waals surface area contributed by atoms with E-state index in [1.807, 2.05) is 0 Å². The summed E-state index contributed by atoms with van der Waals surface area (Å²) in [4.78, 5) is 4.59. The highest BCUT2D eigenvalue weighted by Crippen LogP contribution is 2.43. The van der Waals surface area contributed by atoms with Gasteiger partial charge in [0, 0.05) is 6.42 Å². The minimum Gasteiger partial charge on any atom is -0.374 e. The van der Waals surface area contributed by atoms with Crippen molar-refractivity contribution in [3.63, 3.8) is 0 Å². The molecular weight excluding hydrogens is 254 g/mol. The first-order valence-corrected chi connectivity index (χ1v) is 7.83. The average Bonchev–Trinajstić information content (AvgIpc) is 3.12. The maximum absolute atomic E-state index is 5.86. The van der Waals surface area contributed by atoms with Crippen LogP contribution in [-0.2, 0) is 11.2 Å². The van der Waals surface area contributed by atoms with E-state index in [4.69, 9.17) is 15.0 Å². The number of aromatic nitrogens is 2. The van der Waals surface area contributed by atoms with E-state index in [9.17, 15) is 0 Å². The molecule has 1 aromatic heterocycles. The lowest BCUT2D eigenvalue weighted by atomic mass is 9.89. The van der Waals surface area contributed by atoms with Gasteiger partial charge in [0.15, 0.2) is 5.82 Å². The minimum absolute atomic E-state index is 0.311. The van der Waals surface area contributed by atoms with Crippen LogP contribution in [0.25, 0.3) is 0 Å². The highest BCUT2D eigenvalue weighted by molar-refractivity contribution is 5.07. The fourth-order valence-corrected chi connectivity index (χ4v) is 3.59. The predicted molar refractivity (Wildman–Crippen MR) is 75.3 cm³/mol. The lowest BCUT2D eigenvalue weighted by Crippen LogP contribution is -2.19. The van der Waals surface area contributed by atoms with Gasteiger partial charge >= 0.3 is 0 Å². The lowest BCUT2D eigenvalue weighted by molar-refractivity contribution is 0.0996. The minimum atomic E-state index is 0.311. The number of rotatable bonds is 6. The molecule has 3 rings (SSSR count). The molecule has 0 radical (unpaired) electrons. The maximum atomic E-state index is 5.86. The first kappa shape index (κ1) is 14.0. The normalized spacial score (nSPS) is 30.3. The molecule has 0 amide bonds. The van der Waals surface area contributed by atoms with Crippen molar-refractivity contribution in [3.05, 3.63) is 11.7 Å². The second kappa shape index (κ2) is 5.82. The molecule has 2 saturated heterocycles. The molecule has 2 N–H and O–H groups in total. The van der Waals surface area contributed by atoms with Crippen LogP contribution in [0.15, 0.2) is 4.52 Å². The second-order valence-electron chi connectivity index (χ2n) is 6.70. The van der Waals surface area contributed by atoms with Crippen LogP contribution in [0.5, 0.6) is 0 Å². The molecule has 5 nitrogen and oxygen atoms in total. The van der Waals surface area contributed by atoms with E-state index in [-0.39, 0.29) is 0 Å². The van der Waals surface area contributed by atoms with Crippen LogP contribution in [0.4, 0.5) is 0 Å². The van der Waals surface area contributed by atoms with Crippen molar-refractivity contribution in [2.24, 2.45) is 17.6 Å². The molecular formula is C15H25N3O2. The Kier molecular flexibility index (Phi) is 4.08. The zero-order chi connectivity index (χ0) is 14.1. The van der Waals surface area contributed by atoms with Crippen LogP contribution < -0.4 is 5.73 Å². The zero-order valence-corrected chi connectivity index (χ0v) is 12.4. The monoisotopic (exact) mass is 279 g/mol. The molecule has 4 unspecified atom stereocenters. The van der Waals surface area contributed by atoms with Gasteiger partial charge in [-0.25, -0.2) is 0 Å². The summed E-state index contributed by atoms with van der Waals surface area (Å²) in [5.41, 5.74) is 5.84. The summed E-state index contributed by atoms with van der Waals surface area (Å²) in [5.74, 6) is 2.99. The fourth-order valence-electron chi connectivity index (χ4n) is 3.59. The highest BCUT2D eigenvalue weighted by Gasteiger charge is 2.43. The fraction of sp³-hybridized carbons (Fsp3) is 0.867. The van der Waals surface area contributed by atoms with Crippen LogP contribution in [0, 0.1) is 11.8 Å². The Hall–Kier alpha value is -0.940. The van der Waals surface area contributed by atoms with Crippen molar-refractivity contribution in [2.45, 2.75) is 64.1 Å². The molecule has 3 heterocycles. The van der Waals surface area contributed by atoms with Gasteiger partial charge in [-0.2, -0.15) is 4.98 Å². The number of hydrogen-bond acceptors (Lipinski definition) is 5. The molecule has 0 saturated carbocycles. The lowest BCUT2D eigenvalue weighted by Gasteiger charge is -2.15. The molecule has 0 spiro atoms. The van der Waals surface area contributed by atoms with Crippen molar-refractivity contribution >= 4 is 0 Å². The summed E-state index contributed by atoms with van der Waals surface area (Å²) in [5, 5.41) is 4.18. The van der Waals surface area contributed by atoms with E-state index in [1.165, 1.54) is 6.42 Å². The molecule has 0 aromatic carbocycles. The Morgan fingerprint density at radius 2 is 2.20 bits per heavy atom. The Morgan fingerprint density at radius 1 is 1.35 bits per heavy atom. The van der Waals surface area contributed by atoms with Crippen molar-refractivity contribution < 1.29 is 9.26 Å². The molecule has 2 aliphatic rings. The zero-order valence-electron chi connectivity index (χ0n) is 12.4. The number of ether oxygens (including phenoxy) is 1. The van der Waals surface area contributed by atoms with E-state index in [1.54, 1.807) is 0 Å². The van der Waals surface area contributed by atoms with Gasteiger partial charge < -0.3 is 15.0 Å². The summed E-state index contributed by atoms with van der Waals surface area (Å²) < 4.78 is 11.3. The highest BCUT2D eigenvalue weighted by atomic mass is 16.5. The number of hydrogen-bond donors (Lipinski definition) is 1.